The molecule has 5 amide bonds. The van der Waals surface area contributed by atoms with Gasteiger partial charge in [-0.1, -0.05) is 31.0 Å². The van der Waals surface area contributed by atoms with Crippen LogP contribution in [0.4, 0.5) is 4.79 Å². The highest BCUT2D eigenvalue weighted by Gasteiger charge is 2.34. The van der Waals surface area contributed by atoms with Crippen molar-refractivity contribution in [1.29, 1.82) is 0 Å². The van der Waals surface area contributed by atoms with Crippen LogP contribution in [-0.2, 0) is 16.0 Å². The Morgan fingerprint density at radius 3 is 2.74 bits per heavy atom. The van der Waals surface area contributed by atoms with E-state index in [1.165, 1.54) is 11.3 Å². The average Bonchev–Trinajstić information content (AvgIpc) is 3.18. The van der Waals surface area contributed by atoms with Crippen LogP contribution in [0.5, 0.6) is 0 Å². The molecule has 164 valence electrons. The van der Waals surface area contributed by atoms with Crippen molar-refractivity contribution >= 4 is 45.2 Å². The average molecular weight is 443 g/mol. The van der Waals surface area contributed by atoms with E-state index in [1.807, 2.05) is 29.2 Å². The summed E-state index contributed by atoms with van der Waals surface area (Å²) in [5.74, 6) is -0.726. The molecule has 2 N–H and O–H groups in total. The van der Waals surface area contributed by atoms with Crippen molar-refractivity contribution in [3.8, 4) is 0 Å². The fraction of sp³-hybridized carbons (Fsp3) is 0.455. The van der Waals surface area contributed by atoms with Gasteiger partial charge in [0, 0.05) is 24.3 Å². The lowest BCUT2D eigenvalue weighted by Crippen LogP contribution is -2.48. The van der Waals surface area contributed by atoms with Crippen LogP contribution in [0.15, 0.2) is 24.3 Å². The zero-order valence-corrected chi connectivity index (χ0v) is 18.3. The Kier molecular flexibility index (Phi) is 6.22. The number of benzene rings is 1. The van der Waals surface area contributed by atoms with Gasteiger partial charge in [0.05, 0.1) is 11.4 Å². The van der Waals surface area contributed by atoms with Crippen molar-refractivity contribution in [2.45, 2.75) is 38.1 Å². The van der Waals surface area contributed by atoms with E-state index >= 15 is 0 Å². The molecule has 0 unspecified atom stereocenters. The molecule has 1 aromatic heterocycles. The molecule has 2 fully saturated rings. The maximum atomic E-state index is 13.2. The molecule has 2 aromatic rings. The zero-order valence-electron chi connectivity index (χ0n) is 17.5. The number of carbonyl (C=O) groups excluding carboxylic acids is 4. The number of amides is 5. The van der Waals surface area contributed by atoms with Gasteiger partial charge in [0.2, 0.25) is 5.91 Å². The third-order valence-corrected chi connectivity index (χ3v) is 7.21. The van der Waals surface area contributed by atoms with Crippen molar-refractivity contribution in [3.05, 3.63) is 34.7 Å². The SMILES string of the molecule is CNC(=O)c1sc2ccccc2c1C[C@H]1CCCCCN1C(=O)CN1C(=O)CNC1=O. The van der Waals surface area contributed by atoms with Gasteiger partial charge in [-0.3, -0.25) is 19.3 Å². The quantitative estimate of drug-likeness (QED) is 0.693. The number of hydrogen-bond donors (Lipinski definition) is 2. The van der Waals surface area contributed by atoms with Crippen LogP contribution < -0.4 is 10.6 Å². The third kappa shape index (κ3) is 4.27. The molecule has 0 bridgehead atoms. The minimum atomic E-state index is -0.518. The monoisotopic (exact) mass is 442 g/mol. The molecular weight excluding hydrogens is 416 g/mol. The summed E-state index contributed by atoms with van der Waals surface area (Å²) in [5, 5.41) is 6.22. The lowest BCUT2D eigenvalue weighted by molar-refractivity contribution is -0.138. The number of rotatable bonds is 5. The molecule has 0 saturated carbocycles. The fourth-order valence-corrected chi connectivity index (χ4v) is 5.57. The molecule has 1 aromatic carbocycles. The summed E-state index contributed by atoms with van der Waals surface area (Å²) in [5.41, 5.74) is 0.958. The van der Waals surface area contributed by atoms with Crippen LogP contribution in [-0.4, -0.2) is 66.3 Å². The van der Waals surface area contributed by atoms with Gasteiger partial charge in [-0.2, -0.15) is 0 Å². The predicted molar refractivity (Wildman–Crippen MR) is 118 cm³/mol. The van der Waals surface area contributed by atoms with E-state index in [0.29, 0.717) is 17.8 Å². The predicted octanol–water partition coefficient (Wildman–Crippen LogP) is 2.13. The Balaban J connectivity index is 1.62. The Labute approximate surface area is 184 Å². The number of thiophene rings is 1. The lowest BCUT2D eigenvalue weighted by atomic mass is 9.98. The van der Waals surface area contributed by atoms with Crippen molar-refractivity contribution in [3.63, 3.8) is 0 Å². The van der Waals surface area contributed by atoms with Crippen molar-refractivity contribution < 1.29 is 19.2 Å². The third-order valence-electron chi connectivity index (χ3n) is 6.00. The van der Waals surface area contributed by atoms with Gasteiger partial charge >= 0.3 is 6.03 Å². The van der Waals surface area contributed by atoms with Gasteiger partial charge in [0.15, 0.2) is 0 Å². The highest BCUT2D eigenvalue weighted by molar-refractivity contribution is 7.21. The number of fused-ring (bicyclic) bond motifs is 1. The first-order chi connectivity index (χ1) is 15.0. The fourth-order valence-electron chi connectivity index (χ4n) is 4.39. The smallest absolute Gasteiger partial charge is 0.325 e. The molecule has 2 saturated heterocycles. The number of carbonyl (C=O) groups is 4. The molecule has 3 heterocycles. The summed E-state index contributed by atoms with van der Waals surface area (Å²) in [7, 11) is 1.62. The van der Waals surface area contributed by atoms with Crippen LogP contribution in [0.3, 0.4) is 0 Å². The van der Waals surface area contributed by atoms with Gasteiger partial charge in [-0.15, -0.1) is 11.3 Å². The second kappa shape index (κ2) is 9.05. The van der Waals surface area contributed by atoms with Crippen molar-refractivity contribution in [1.82, 2.24) is 20.4 Å². The maximum absolute atomic E-state index is 13.2. The number of hydrogen-bond acceptors (Lipinski definition) is 5. The van der Waals surface area contributed by atoms with E-state index in [4.69, 9.17) is 0 Å². The van der Waals surface area contributed by atoms with Crippen molar-refractivity contribution in [2.75, 3.05) is 26.7 Å². The van der Waals surface area contributed by atoms with Gasteiger partial charge < -0.3 is 15.5 Å². The molecular formula is C22H26N4O4S. The standard InChI is InChI=1S/C22H26N4O4S/c1-23-21(29)20-16(15-8-4-5-9-17(15)31-20)11-14-7-3-2-6-10-25(14)19(28)13-26-18(27)12-24-22(26)30/h4-5,8-9,14H,2-3,6-7,10-13H2,1H3,(H,23,29)(H,24,30)/t14-/m1/s1. The van der Waals surface area contributed by atoms with E-state index in [1.54, 1.807) is 7.05 Å². The molecule has 2 aliphatic rings. The van der Waals surface area contributed by atoms with Crippen LogP contribution in [0, 0.1) is 0 Å². The molecule has 1 atom stereocenters. The Hall–Kier alpha value is -2.94. The summed E-state index contributed by atoms with van der Waals surface area (Å²) in [6.07, 6.45) is 4.29. The minimum Gasteiger partial charge on any atom is -0.354 e. The zero-order chi connectivity index (χ0) is 22.0. The first kappa shape index (κ1) is 21.3. The van der Waals surface area contributed by atoms with Crippen LogP contribution in [0.2, 0.25) is 0 Å². The summed E-state index contributed by atoms with van der Waals surface area (Å²) in [6, 6.07) is 7.33. The Bertz CT molecular complexity index is 1020. The summed E-state index contributed by atoms with van der Waals surface area (Å²) in [6.45, 7) is 0.282. The maximum Gasteiger partial charge on any atom is 0.325 e. The first-order valence-electron chi connectivity index (χ1n) is 10.6. The van der Waals surface area contributed by atoms with Gasteiger partial charge in [0.25, 0.3) is 11.8 Å². The largest absolute Gasteiger partial charge is 0.354 e. The number of urea groups is 1. The van der Waals surface area contributed by atoms with Gasteiger partial charge in [0.1, 0.15) is 6.54 Å². The normalized spacial score (nSPS) is 19.5. The second-order valence-corrected chi connectivity index (χ2v) is 8.97. The van der Waals surface area contributed by atoms with Crippen LogP contribution in [0.25, 0.3) is 10.1 Å². The van der Waals surface area contributed by atoms with E-state index in [-0.39, 0.29) is 36.9 Å². The lowest BCUT2D eigenvalue weighted by Gasteiger charge is -2.31. The second-order valence-electron chi connectivity index (χ2n) is 7.92. The molecule has 9 heteroatoms. The van der Waals surface area contributed by atoms with E-state index in [0.717, 1.165) is 46.2 Å². The number of nitrogens with zero attached hydrogens (tertiary/aromatic N) is 2. The highest BCUT2D eigenvalue weighted by Crippen LogP contribution is 2.34. The Morgan fingerprint density at radius 1 is 1.19 bits per heavy atom. The van der Waals surface area contributed by atoms with Crippen molar-refractivity contribution in [2.24, 2.45) is 0 Å². The highest BCUT2D eigenvalue weighted by atomic mass is 32.1. The molecule has 0 spiro atoms. The van der Waals surface area contributed by atoms with Gasteiger partial charge in [-0.25, -0.2) is 4.79 Å². The Morgan fingerprint density at radius 2 is 2.00 bits per heavy atom. The molecule has 0 aliphatic carbocycles. The summed E-state index contributed by atoms with van der Waals surface area (Å²) < 4.78 is 1.04. The number of imide groups is 1. The van der Waals surface area contributed by atoms with E-state index in [9.17, 15) is 19.2 Å². The minimum absolute atomic E-state index is 0.0636. The molecule has 2 aliphatic heterocycles. The summed E-state index contributed by atoms with van der Waals surface area (Å²) >= 11 is 1.47. The van der Waals surface area contributed by atoms with Crippen LogP contribution in [0.1, 0.15) is 40.9 Å². The first-order valence-corrected chi connectivity index (χ1v) is 11.4. The van der Waals surface area contributed by atoms with Crippen LogP contribution >= 0.6 is 11.3 Å². The molecule has 31 heavy (non-hydrogen) atoms. The number of likely N-dealkylation sites (tertiary alicyclic amines) is 1. The van der Waals surface area contributed by atoms with Gasteiger partial charge in [-0.05, 0) is 36.3 Å². The summed E-state index contributed by atoms with van der Waals surface area (Å²) in [4.78, 5) is 53.0. The number of nitrogens with one attached hydrogen (secondary N) is 2. The van der Waals surface area contributed by atoms with E-state index in [2.05, 4.69) is 10.6 Å². The topological polar surface area (TPSA) is 98.8 Å². The van der Waals surface area contributed by atoms with E-state index < -0.39 is 6.03 Å². The molecule has 0 radical (unpaired) electrons. The molecule has 8 nitrogen and oxygen atoms in total. The molecule has 4 rings (SSSR count).